The van der Waals surface area contributed by atoms with Crippen LogP contribution in [0.5, 0.6) is 0 Å². The molecule has 0 amide bonds. The maximum atomic E-state index is 13.0. The fourth-order valence-corrected chi connectivity index (χ4v) is 3.98. The molecular formula is C21H24N8O. The van der Waals surface area contributed by atoms with E-state index in [0.717, 1.165) is 43.9 Å². The van der Waals surface area contributed by atoms with Crippen molar-refractivity contribution in [2.45, 2.75) is 20.3 Å². The van der Waals surface area contributed by atoms with E-state index >= 15 is 0 Å². The third kappa shape index (κ3) is 3.30. The largest absolute Gasteiger partial charge is 0.369 e. The van der Waals surface area contributed by atoms with Gasteiger partial charge in [0.1, 0.15) is 17.2 Å². The Hall–Kier alpha value is -3.33. The van der Waals surface area contributed by atoms with E-state index in [1.54, 1.807) is 4.40 Å². The molecule has 0 saturated carbocycles. The standard InChI is InChI=1S/C21H24N8O/c1-14-11-16(27-8-4-7-26(3)9-10-27)13-28-20(30)12-18(23-21(14)28)17-5-6-19-22-15(2)24-29(19)25-17/h5-6,11-13H,4,7-10H2,1-3H3. The van der Waals surface area contributed by atoms with Gasteiger partial charge in [0.2, 0.25) is 0 Å². The quantitative estimate of drug-likeness (QED) is 0.501. The number of aryl methyl sites for hydroxylation is 2. The Morgan fingerprint density at radius 2 is 1.80 bits per heavy atom. The van der Waals surface area contributed by atoms with Crippen LogP contribution >= 0.6 is 0 Å². The first-order valence-corrected chi connectivity index (χ1v) is 10.2. The molecular weight excluding hydrogens is 380 g/mol. The zero-order valence-corrected chi connectivity index (χ0v) is 17.4. The molecule has 9 nitrogen and oxygen atoms in total. The molecule has 1 aliphatic rings. The van der Waals surface area contributed by atoms with E-state index in [0.29, 0.717) is 28.5 Å². The van der Waals surface area contributed by atoms with E-state index in [4.69, 9.17) is 4.98 Å². The van der Waals surface area contributed by atoms with Gasteiger partial charge in [-0.15, -0.1) is 14.8 Å². The molecule has 0 aliphatic carbocycles. The summed E-state index contributed by atoms with van der Waals surface area (Å²) in [7, 11) is 2.15. The van der Waals surface area contributed by atoms with Gasteiger partial charge in [-0.05, 0) is 57.6 Å². The smallest absolute Gasteiger partial charge is 0.258 e. The van der Waals surface area contributed by atoms with Crippen molar-refractivity contribution in [3.05, 3.63) is 52.2 Å². The molecule has 0 radical (unpaired) electrons. The van der Waals surface area contributed by atoms with Crippen LogP contribution in [0.2, 0.25) is 0 Å². The second kappa shape index (κ2) is 7.17. The molecule has 1 aliphatic heterocycles. The highest BCUT2D eigenvalue weighted by Gasteiger charge is 2.16. The van der Waals surface area contributed by atoms with Crippen LogP contribution in [0.3, 0.4) is 0 Å². The fraction of sp³-hybridized carbons (Fsp3) is 0.381. The van der Waals surface area contributed by atoms with E-state index in [2.05, 4.69) is 38.1 Å². The number of rotatable bonds is 2. The molecule has 0 N–H and O–H groups in total. The summed E-state index contributed by atoms with van der Waals surface area (Å²) in [5, 5.41) is 8.72. The second-order valence-corrected chi connectivity index (χ2v) is 7.92. The fourth-order valence-electron chi connectivity index (χ4n) is 3.98. The number of anilines is 1. The molecule has 0 spiro atoms. The molecule has 0 aromatic carbocycles. The third-order valence-corrected chi connectivity index (χ3v) is 5.59. The Bertz CT molecular complexity index is 1310. The molecule has 5 heterocycles. The van der Waals surface area contributed by atoms with Crippen LogP contribution in [0.1, 0.15) is 17.8 Å². The Balaban J connectivity index is 1.58. The Kier molecular flexibility index (Phi) is 4.47. The van der Waals surface area contributed by atoms with E-state index < -0.39 is 0 Å². The molecule has 4 aromatic rings. The van der Waals surface area contributed by atoms with Crippen molar-refractivity contribution in [2.75, 3.05) is 38.1 Å². The summed E-state index contributed by atoms with van der Waals surface area (Å²) in [5.74, 6) is 0.647. The highest BCUT2D eigenvalue weighted by molar-refractivity contribution is 5.63. The molecule has 5 rings (SSSR count). The lowest BCUT2D eigenvalue weighted by Crippen LogP contribution is -2.29. The van der Waals surface area contributed by atoms with Crippen molar-refractivity contribution in [1.29, 1.82) is 0 Å². The predicted octanol–water partition coefficient (Wildman–Crippen LogP) is 1.56. The summed E-state index contributed by atoms with van der Waals surface area (Å²) in [6.07, 6.45) is 3.01. The van der Waals surface area contributed by atoms with Crippen LogP contribution < -0.4 is 10.5 Å². The van der Waals surface area contributed by atoms with Gasteiger partial charge < -0.3 is 9.80 Å². The van der Waals surface area contributed by atoms with Crippen LogP contribution in [0, 0.1) is 13.8 Å². The highest BCUT2D eigenvalue weighted by Crippen LogP contribution is 2.21. The number of pyridine rings is 1. The third-order valence-electron chi connectivity index (χ3n) is 5.59. The van der Waals surface area contributed by atoms with Gasteiger partial charge in [-0.2, -0.15) is 0 Å². The maximum absolute atomic E-state index is 13.0. The van der Waals surface area contributed by atoms with Crippen LogP contribution in [0.4, 0.5) is 5.69 Å². The van der Waals surface area contributed by atoms with Gasteiger partial charge in [-0.1, -0.05) is 0 Å². The summed E-state index contributed by atoms with van der Waals surface area (Å²) in [6.45, 7) is 7.85. The zero-order chi connectivity index (χ0) is 20.8. The van der Waals surface area contributed by atoms with Gasteiger partial charge in [0.15, 0.2) is 5.65 Å². The van der Waals surface area contributed by atoms with Gasteiger partial charge in [0.05, 0.1) is 11.4 Å². The molecule has 154 valence electrons. The van der Waals surface area contributed by atoms with Crippen molar-refractivity contribution in [3.8, 4) is 11.4 Å². The zero-order valence-electron chi connectivity index (χ0n) is 17.4. The lowest BCUT2D eigenvalue weighted by Gasteiger charge is -2.23. The van der Waals surface area contributed by atoms with Gasteiger partial charge >= 0.3 is 0 Å². The van der Waals surface area contributed by atoms with Crippen LogP contribution in [0.25, 0.3) is 22.7 Å². The van der Waals surface area contributed by atoms with Crippen molar-refractivity contribution in [2.24, 2.45) is 0 Å². The Morgan fingerprint density at radius 3 is 2.67 bits per heavy atom. The molecule has 4 aromatic heterocycles. The minimum Gasteiger partial charge on any atom is -0.369 e. The Morgan fingerprint density at radius 1 is 0.933 bits per heavy atom. The summed E-state index contributed by atoms with van der Waals surface area (Å²) in [5.41, 5.74) is 4.32. The number of nitrogens with zero attached hydrogens (tertiary/aromatic N) is 8. The number of hydrogen-bond donors (Lipinski definition) is 0. The van der Waals surface area contributed by atoms with Crippen LogP contribution in [0.15, 0.2) is 35.3 Å². The SMILES string of the molecule is Cc1nc2ccc(-c3cc(=O)n4cc(N5CCCN(C)CC5)cc(C)c4n3)nn2n1. The number of likely N-dealkylation sites (N-methyl/N-ethyl adjacent to an activating group) is 1. The van der Waals surface area contributed by atoms with Crippen molar-refractivity contribution in [1.82, 2.24) is 34.1 Å². The average molecular weight is 404 g/mol. The van der Waals surface area contributed by atoms with Crippen LogP contribution in [-0.2, 0) is 0 Å². The number of aromatic nitrogens is 6. The lowest BCUT2D eigenvalue weighted by molar-refractivity contribution is 0.360. The minimum absolute atomic E-state index is 0.122. The monoisotopic (exact) mass is 404 g/mol. The second-order valence-electron chi connectivity index (χ2n) is 7.92. The normalized spacial score (nSPS) is 15.8. The Labute approximate surface area is 173 Å². The highest BCUT2D eigenvalue weighted by atomic mass is 16.1. The number of fused-ring (bicyclic) bond motifs is 2. The van der Waals surface area contributed by atoms with Crippen LogP contribution in [-0.4, -0.2) is 67.3 Å². The van der Waals surface area contributed by atoms with E-state index in [1.807, 2.05) is 32.2 Å². The van der Waals surface area contributed by atoms with E-state index in [1.165, 1.54) is 10.7 Å². The topological polar surface area (TPSA) is 83.9 Å². The van der Waals surface area contributed by atoms with E-state index in [9.17, 15) is 4.79 Å². The lowest BCUT2D eigenvalue weighted by atomic mass is 10.2. The summed E-state index contributed by atoms with van der Waals surface area (Å²) >= 11 is 0. The summed E-state index contributed by atoms with van der Waals surface area (Å²) < 4.78 is 3.11. The van der Waals surface area contributed by atoms with Crippen molar-refractivity contribution in [3.63, 3.8) is 0 Å². The first-order valence-electron chi connectivity index (χ1n) is 10.2. The minimum atomic E-state index is -0.122. The van der Waals surface area contributed by atoms with Gasteiger partial charge in [0.25, 0.3) is 5.56 Å². The molecule has 1 fully saturated rings. The first kappa shape index (κ1) is 18.7. The van der Waals surface area contributed by atoms with Gasteiger partial charge in [-0.25, -0.2) is 9.97 Å². The molecule has 9 heteroatoms. The van der Waals surface area contributed by atoms with Crippen molar-refractivity contribution < 1.29 is 0 Å². The van der Waals surface area contributed by atoms with Crippen molar-refractivity contribution >= 4 is 17.0 Å². The van der Waals surface area contributed by atoms with E-state index in [-0.39, 0.29) is 5.56 Å². The van der Waals surface area contributed by atoms with Gasteiger partial charge in [0, 0.05) is 31.9 Å². The maximum Gasteiger partial charge on any atom is 0.258 e. The number of hydrogen-bond acceptors (Lipinski definition) is 7. The average Bonchev–Trinajstić information content (AvgIpc) is 2.95. The molecule has 1 saturated heterocycles. The molecule has 30 heavy (non-hydrogen) atoms. The summed E-state index contributed by atoms with van der Waals surface area (Å²) in [4.78, 5) is 26.7. The predicted molar refractivity (Wildman–Crippen MR) is 115 cm³/mol. The molecule has 0 unspecified atom stereocenters. The summed E-state index contributed by atoms with van der Waals surface area (Å²) in [6, 6.07) is 7.30. The molecule has 0 atom stereocenters. The first-order chi connectivity index (χ1) is 14.5. The van der Waals surface area contributed by atoms with Gasteiger partial charge in [-0.3, -0.25) is 9.20 Å². The molecule has 0 bridgehead atoms.